The first-order valence-electron chi connectivity index (χ1n) is 6.80. The Kier molecular flexibility index (Phi) is 4.27. The van der Waals surface area contributed by atoms with Crippen LogP contribution in [0.15, 0.2) is 36.4 Å². The number of hydrogen-bond acceptors (Lipinski definition) is 4. The summed E-state index contributed by atoms with van der Waals surface area (Å²) in [6.07, 6.45) is 0. The number of nitrogens with two attached hydrogens (primary N) is 2. The second kappa shape index (κ2) is 5.98. The van der Waals surface area contributed by atoms with E-state index in [-0.39, 0.29) is 17.9 Å². The van der Waals surface area contributed by atoms with E-state index in [1.807, 2.05) is 6.07 Å². The Morgan fingerprint density at radius 3 is 2.45 bits per heavy atom. The molecule has 1 aromatic carbocycles. The Morgan fingerprint density at radius 2 is 1.91 bits per heavy atom. The van der Waals surface area contributed by atoms with Crippen molar-refractivity contribution in [3.8, 4) is 5.69 Å². The summed E-state index contributed by atoms with van der Waals surface area (Å²) in [6.45, 7) is 3.88. The first kappa shape index (κ1) is 15.7. The van der Waals surface area contributed by atoms with Crippen LogP contribution >= 0.6 is 0 Å². The van der Waals surface area contributed by atoms with Crippen molar-refractivity contribution in [3.63, 3.8) is 0 Å². The molecule has 0 aliphatic heterocycles. The zero-order valence-electron chi connectivity index (χ0n) is 12.5. The molecule has 0 saturated heterocycles. The molecule has 0 fully saturated rings. The maximum atomic E-state index is 12.1. The summed E-state index contributed by atoms with van der Waals surface area (Å²) in [5.74, 6) is -1.06. The summed E-state index contributed by atoms with van der Waals surface area (Å²) >= 11 is 0. The van der Waals surface area contributed by atoms with Crippen LogP contribution in [0.4, 0.5) is 0 Å². The van der Waals surface area contributed by atoms with Crippen molar-refractivity contribution in [1.82, 2.24) is 15.1 Å². The number of rotatable bonds is 5. The van der Waals surface area contributed by atoms with Crippen LogP contribution in [0.2, 0.25) is 0 Å². The maximum absolute atomic E-state index is 12.1. The van der Waals surface area contributed by atoms with Crippen molar-refractivity contribution in [2.24, 2.45) is 11.5 Å². The van der Waals surface area contributed by atoms with Gasteiger partial charge in [-0.3, -0.25) is 9.59 Å². The Morgan fingerprint density at radius 1 is 1.27 bits per heavy atom. The number of benzene rings is 1. The molecule has 7 nitrogen and oxygen atoms in total. The number of nitrogens with zero attached hydrogens (tertiary/aromatic N) is 2. The molecule has 0 aliphatic rings. The molecule has 5 N–H and O–H groups in total. The zero-order valence-corrected chi connectivity index (χ0v) is 12.5. The average molecular weight is 301 g/mol. The maximum Gasteiger partial charge on any atom is 0.271 e. The highest BCUT2D eigenvalue weighted by Gasteiger charge is 2.20. The topological polar surface area (TPSA) is 116 Å². The third-order valence-corrected chi connectivity index (χ3v) is 2.90. The minimum Gasteiger partial charge on any atom is -0.364 e. The van der Waals surface area contributed by atoms with Gasteiger partial charge in [0, 0.05) is 18.2 Å². The summed E-state index contributed by atoms with van der Waals surface area (Å²) in [4.78, 5) is 23.7. The third-order valence-electron chi connectivity index (χ3n) is 2.90. The van der Waals surface area contributed by atoms with Crippen molar-refractivity contribution in [1.29, 1.82) is 0 Å². The van der Waals surface area contributed by atoms with Crippen LogP contribution in [0, 0.1) is 0 Å². The molecule has 7 heteroatoms. The highest BCUT2D eigenvalue weighted by Crippen LogP contribution is 2.12. The second-order valence-electron chi connectivity index (χ2n) is 5.70. The highest BCUT2D eigenvalue weighted by atomic mass is 16.2. The van der Waals surface area contributed by atoms with E-state index in [4.69, 9.17) is 11.5 Å². The van der Waals surface area contributed by atoms with Gasteiger partial charge in [-0.1, -0.05) is 18.2 Å². The van der Waals surface area contributed by atoms with Gasteiger partial charge in [-0.2, -0.15) is 5.10 Å². The van der Waals surface area contributed by atoms with E-state index < -0.39 is 17.4 Å². The minimum atomic E-state index is -0.658. The molecule has 116 valence electrons. The monoisotopic (exact) mass is 301 g/mol. The molecule has 0 atom stereocenters. The fourth-order valence-electron chi connectivity index (χ4n) is 1.83. The molecule has 2 aromatic rings. The lowest BCUT2D eigenvalue weighted by Gasteiger charge is -2.18. The molecule has 22 heavy (non-hydrogen) atoms. The van der Waals surface area contributed by atoms with Crippen LogP contribution in [0.3, 0.4) is 0 Å². The molecule has 0 spiro atoms. The number of nitrogens with one attached hydrogen (secondary N) is 1. The number of hydrogen-bond donors (Lipinski definition) is 3. The molecule has 0 unspecified atom stereocenters. The van der Waals surface area contributed by atoms with Gasteiger partial charge in [0.2, 0.25) is 0 Å². The van der Waals surface area contributed by atoms with Gasteiger partial charge in [0.05, 0.1) is 5.69 Å². The van der Waals surface area contributed by atoms with Crippen molar-refractivity contribution < 1.29 is 9.59 Å². The van der Waals surface area contributed by atoms with Crippen molar-refractivity contribution in [3.05, 3.63) is 47.8 Å². The number of carbonyl (C=O) groups excluding carboxylic acids is 2. The van der Waals surface area contributed by atoms with Gasteiger partial charge in [0.1, 0.15) is 5.69 Å². The SMILES string of the molecule is CC(C)(N)CNC(=O)c1cc(C(N)=O)n(-c2ccccc2)n1. The van der Waals surface area contributed by atoms with E-state index >= 15 is 0 Å². The molecule has 1 heterocycles. The summed E-state index contributed by atoms with van der Waals surface area (Å²) in [5, 5.41) is 6.84. The van der Waals surface area contributed by atoms with Gasteiger partial charge in [-0.15, -0.1) is 0 Å². The first-order chi connectivity index (χ1) is 10.3. The van der Waals surface area contributed by atoms with Crippen LogP contribution < -0.4 is 16.8 Å². The van der Waals surface area contributed by atoms with E-state index in [0.29, 0.717) is 5.69 Å². The zero-order chi connectivity index (χ0) is 16.3. The molecule has 2 rings (SSSR count). The predicted octanol–water partition coefficient (Wildman–Crippen LogP) is 0.438. The molecule has 1 aromatic heterocycles. The summed E-state index contributed by atoms with van der Waals surface area (Å²) in [6, 6.07) is 10.4. The second-order valence-corrected chi connectivity index (χ2v) is 5.70. The van der Waals surface area contributed by atoms with E-state index in [2.05, 4.69) is 10.4 Å². The van der Waals surface area contributed by atoms with Gasteiger partial charge in [0.25, 0.3) is 11.8 Å². The lowest BCUT2D eigenvalue weighted by atomic mass is 10.1. The van der Waals surface area contributed by atoms with Gasteiger partial charge in [-0.25, -0.2) is 4.68 Å². The first-order valence-corrected chi connectivity index (χ1v) is 6.80. The Labute approximate surface area is 128 Å². The predicted molar refractivity (Wildman–Crippen MR) is 82.7 cm³/mol. The van der Waals surface area contributed by atoms with Gasteiger partial charge < -0.3 is 16.8 Å². The lowest BCUT2D eigenvalue weighted by Crippen LogP contribution is -2.45. The summed E-state index contributed by atoms with van der Waals surface area (Å²) < 4.78 is 1.35. The van der Waals surface area contributed by atoms with Crippen LogP contribution in [0.5, 0.6) is 0 Å². The van der Waals surface area contributed by atoms with Crippen molar-refractivity contribution in [2.45, 2.75) is 19.4 Å². The van der Waals surface area contributed by atoms with Gasteiger partial charge >= 0.3 is 0 Å². The molecule has 2 amide bonds. The van der Waals surface area contributed by atoms with E-state index in [0.717, 1.165) is 0 Å². The smallest absolute Gasteiger partial charge is 0.271 e. The largest absolute Gasteiger partial charge is 0.364 e. The van der Waals surface area contributed by atoms with Gasteiger partial charge in [0.15, 0.2) is 5.69 Å². The van der Waals surface area contributed by atoms with Gasteiger partial charge in [-0.05, 0) is 26.0 Å². The lowest BCUT2D eigenvalue weighted by molar-refractivity contribution is 0.0940. The number of para-hydroxylation sites is 1. The Bertz CT molecular complexity index is 686. The number of primary amides is 1. The fourth-order valence-corrected chi connectivity index (χ4v) is 1.83. The van der Waals surface area contributed by atoms with Crippen molar-refractivity contribution >= 4 is 11.8 Å². The highest BCUT2D eigenvalue weighted by molar-refractivity contribution is 5.97. The molecule has 0 radical (unpaired) electrons. The molecule has 0 saturated carbocycles. The van der Waals surface area contributed by atoms with Crippen LogP contribution in [0.1, 0.15) is 34.8 Å². The number of carbonyl (C=O) groups is 2. The molecular weight excluding hydrogens is 282 g/mol. The van der Waals surface area contributed by atoms with Crippen LogP contribution in [-0.4, -0.2) is 33.7 Å². The number of aromatic nitrogens is 2. The minimum absolute atomic E-state index is 0.113. The van der Waals surface area contributed by atoms with E-state index in [1.165, 1.54) is 10.7 Å². The fraction of sp³-hybridized carbons (Fsp3) is 0.267. The average Bonchev–Trinajstić information content (AvgIpc) is 2.90. The molecule has 0 aliphatic carbocycles. The van der Waals surface area contributed by atoms with Crippen LogP contribution in [0.25, 0.3) is 5.69 Å². The summed E-state index contributed by atoms with van der Waals surface area (Å²) in [7, 11) is 0. The summed E-state index contributed by atoms with van der Waals surface area (Å²) in [5.41, 5.74) is 11.5. The molecule has 0 bridgehead atoms. The standard InChI is InChI=1S/C15H19N5O2/c1-15(2,17)9-18-14(22)11-8-12(13(16)21)20(19-11)10-6-4-3-5-7-10/h3-8H,9,17H2,1-2H3,(H2,16,21)(H,18,22). The van der Waals surface area contributed by atoms with E-state index in [1.54, 1.807) is 38.1 Å². The van der Waals surface area contributed by atoms with E-state index in [9.17, 15) is 9.59 Å². The van der Waals surface area contributed by atoms with Crippen LogP contribution in [-0.2, 0) is 0 Å². The molecular formula is C15H19N5O2. The number of amides is 2. The quantitative estimate of drug-likeness (QED) is 0.743. The Hall–Kier alpha value is -2.67. The normalized spacial score (nSPS) is 11.2. The third kappa shape index (κ3) is 3.70. The Balaban J connectivity index is 2.32. The van der Waals surface area contributed by atoms with Crippen molar-refractivity contribution in [2.75, 3.05) is 6.54 Å².